The quantitative estimate of drug-likeness (QED) is 0.381. The van der Waals surface area contributed by atoms with Crippen molar-refractivity contribution < 1.29 is 9.53 Å². The minimum absolute atomic E-state index is 0. The Morgan fingerprint density at radius 2 is 2.19 bits per heavy atom. The van der Waals surface area contributed by atoms with E-state index in [1.807, 2.05) is 31.7 Å². The lowest BCUT2D eigenvalue weighted by molar-refractivity contribution is 0.0168. The van der Waals surface area contributed by atoms with E-state index in [1.165, 1.54) is 4.88 Å². The summed E-state index contributed by atoms with van der Waals surface area (Å²) < 4.78 is 5.48. The van der Waals surface area contributed by atoms with Crippen LogP contribution in [-0.2, 0) is 11.3 Å². The molecule has 6 nitrogen and oxygen atoms in total. The van der Waals surface area contributed by atoms with Crippen molar-refractivity contribution in [3.8, 4) is 0 Å². The zero-order chi connectivity index (χ0) is 18.3. The maximum absolute atomic E-state index is 12.2. The Balaban J connectivity index is 0.00000338. The lowest BCUT2D eigenvalue weighted by Crippen LogP contribution is -2.47. The molecule has 8 heteroatoms. The summed E-state index contributed by atoms with van der Waals surface area (Å²) in [5.74, 6) is 1.20. The number of amides is 1. The molecular weight excluding hydrogens is 463 g/mol. The van der Waals surface area contributed by atoms with Crippen molar-refractivity contribution in [2.75, 3.05) is 26.7 Å². The van der Waals surface area contributed by atoms with Crippen molar-refractivity contribution in [3.63, 3.8) is 0 Å². The van der Waals surface area contributed by atoms with Crippen LogP contribution in [0.2, 0.25) is 0 Å². The molecule has 0 saturated carbocycles. The highest BCUT2D eigenvalue weighted by Crippen LogP contribution is 2.18. The average Bonchev–Trinajstić information content (AvgIpc) is 3.07. The number of halogens is 1. The summed E-state index contributed by atoms with van der Waals surface area (Å²) in [6, 6.07) is 4.15. The van der Waals surface area contributed by atoms with Crippen molar-refractivity contribution in [2.24, 2.45) is 10.9 Å². The number of nitrogens with one attached hydrogen (secondary N) is 2. The number of piperidine rings is 1. The van der Waals surface area contributed by atoms with Crippen LogP contribution in [-0.4, -0.2) is 49.2 Å². The van der Waals surface area contributed by atoms with E-state index >= 15 is 0 Å². The number of aliphatic imine (C=N–C) groups is 1. The van der Waals surface area contributed by atoms with Gasteiger partial charge in [-0.1, -0.05) is 6.07 Å². The Bertz CT molecular complexity index is 572. The van der Waals surface area contributed by atoms with Crippen LogP contribution in [0.25, 0.3) is 0 Å². The Kier molecular flexibility index (Phi) is 9.70. The van der Waals surface area contributed by atoms with Crippen molar-refractivity contribution in [1.29, 1.82) is 0 Å². The van der Waals surface area contributed by atoms with Crippen molar-refractivity contribution >= 4 is 47.4 Å². The van der Waals surface area contributed by atoms with Crippen LogP contribution >= 0.6 is 35.3 Å². The van der Waals surface area contributed by atoms with Gasteiger partial charge in [-0.3, -0.25) is 4.99 Å². The number of hydrogen-bond donors (Lipinski definition) is 2. The number of hydrogen-bond acceptors (Lipinski definition) is 4. The minimum Gasteiger partial charge on any atom is -0.444 e. The van der Waals surface area contributed by atoms with Crippen LogP contribution in [0.15, 0.2) is 22.5 Å². The topological polar surface area (TPSA) is 66.0 Å². The van der Waals surface area contributed by atoms with Crippen LogP contribution in [0.5, 0.6) is 0 Å². The maximum Gasteiger partial charge on any atom is 0.410 e. The fourth-order valence-electron chi connectivity index (χ4n) is 2.77. The van der Waals surface area contributed by atoms with Crippen molar-refractivity contribution in [3.05, 3.63) is 22.4 Å². The molecular formula is C18H31IN4O2S. The summed E-state index contributed by atoms with van der Waals surface area (Å²) in [6.07, 6.45) is 1.90. The molecule has 0 radical (unpaired) electrons. The van der Waals surface area contributed by atoms with E-state index in [9.17, 15) is 4.79 Å². The maximum atomic E-state index is 12.2. The van der Waals surface area contributed by atoms with Gasteiger partial charge < -0.3 is 20.3 Å². The SMILES string of the molecule is CN=C(NCc1cccs1)NCC1CCCN(C(=O)OC(C)(C)C)C1.I. The smallest absolute Gasteiger partial charge is 0.410 e. The Morgan fingerprint density at radius 3 is 2.81 bits per heavy atom. The Labute approximate surface area is 177 Å². The predicted octanol–water partition coefficient (Wildman–Crippen LogP) is 3.68. The summed E-state index contributed by atoms with van der Waals surface area (Å²) >= 11 is 1.73. The van der Waals surface area contributed by atoms with E-state index in [4.69, 9.17) is 4.74 Å². The van der Waals surface area contributed by atoms with E-state index in [-0.39, 0.29) is 30.1 Å². The summed E-state index contributed by atoms with van der Waals surface area (Å²) in [5, 5.41) is 8.76. The highest BCUT2D eigenvalue weighted by molar-refractivity contribution is 14.0. The van der Waals surface area contributed by atoms with Gasteiger partial charge in [0.15, 0.2) is 5.96 Å². The van der Waals surface area contributed by atoms with Gasteiger partial charge in [0.2, 0.25) is 0 Å². The van der Waals surface area contributed by atoms with Gasteiger partial charge >= 0.3 is 6.09 Å². The molecule has 1 aromatic heterocycles. The third kappa shape index (κ3) is 8.11. The first-order valence-corrected chi connectivity index (χ1v) is 9.70. The lowest BCUT2D eigenvalue weighted by Gasteiger charge is -2.34. The van der Waals surface area contributed by atoms with Crippen LogP contribution in [0.3, 0.4) is 0 Å². The first kappa shape index (κ1) is 23.0. The number of ether oxygens (including phenoxy) is 1. The molecule has 0 bridgehead atoms. The largest absolute Gasteiger partial charge is 0.444 e. The second-order valence-electron chi connectivity index (χ2n) is 7.32. The normalized spacial score (nSPS) is 18.1. The molecule has 1 saturated heterocycles. The molecule has 0 spiro atoms. The summed E-state index contributed by atoms with van der Waals surface area (Å²) in [7, 11) is 1.78. The zero-order valence-electron chi connectivity index (χ0n) is 16.1. The van der Waals surface area contributed by atoms with Gasteiger partial charge in [-0.15, -0.1) is 35.3 Å². The molecule has 26 heavy (non-hydrogen) atoms. The number of likely N-dealkylation sites (tertiary alicyclic amines) is 1. The van der Waals surface area contributed by atoms with E-state index in [0.29, 0.717) is 5.92 Å². The van der Waals surface area contributed by atoms with Crippen molar-refractivity contribution in [2.45, 2.75) is 45.8 Å². The van der Waals surface area contributed by atoms with Gasteiger partial charge in [-0.25, -0.2) is 4.79 Å². The number of rotatable bonds is 4. The molecule has 2 rings (SSSR count). The average molecular weight is 494 g/mol. The Morgan fingerprint density at radius 1 is 1.42 bits per heavy atom. The third-order valence-corrected chi connectivity index (χ3v) is 4.84. The van der Waals surface area contributed by atoms with Crippen LogP contribution < -0.4 is 10.6 Å². The Hall–Kier alpha value is -1.03. The minimum atomic E-state index is -0.448. The zero-order valence-corrected chi connectivity index (χ0v) is 19.2. The number of nitrogens with zero attached hydrogens (tertiary/aromatic N) is 2. The molecule has 0 aromatic carbocycles. The number of carbonyl (C=O) groups excluding carboxylic acids is 1. The highest BCUT2D eigenvalue weighted by atomic mass is 127. The van der Waals surface area contributed by atoms with Gasteiger partial charge in [0, 0.05) is 31.6 Å². The first-order chi connectivity index (χ1) is 11.9. The molecule has 2 heterocycles. The molecule has 1 aromatic rings. The van der Waals surface area contributed by atoms with Crippen LogP contribution in [0, 0.1) is 5.92 Å². The first-order valence-electron chi connectivity index (χ1n) is 8.82. The summed E-state index contributed by atoms with van der Waals surface area (Å²) in [5.41, 5.74) is -0.448. The predicted molar refractivity (Wildman–Crippen MR) is 118 cm³/mol. The highest BCUT2D eigenvalue weighted by Gasteiger charge is 2.27. The molecule has 1 atom stereocenters. The number of carbonyl (C=O) groups is 1. The summed E-state index contributed by atoms with van der Waals surface area (Å²) in [4.78, 5) is 19.6. The van der Waals surface area contributed by atoms with Gasteiger partial charge in [0.05, 0.1) is 6.54 Å². The summed E-state index contributed by atoms with van der Waals surface area (Å²) in [6.45, 7) is 8.77. The standard InChI is InChI=1S/C18H30N4O2S.HI/c1-18(2,3)24-17(23)22-9-5-7-14(13-22)11-20-16(19-4)21-12-15-8-6-10-25-15;/h6,8,10,14H,5,7,9,11-13H2,1-4H3,(H2,19,20,21);1H. The van der Waals surface area contributed by atoms with Crippen LogP contribution in [0.4, 0.5) is 4.79 Å². The van der Waals surface area contributed by atoms with E-state index < -0.39 is 5.60 Å². The molecule has 148 valence electrons. The second-order valence-corrected chi connectivity index (χ2v) is 8.35. The fourth-order valence-corrected chi connectivity index (χ4v) is 3.41. The molecule has 0 aliphatic carbocycles. The van der Waals surface area contributed by atoms with Gasteiger partial charge in [0.25, 0.3) is 0 Å². The number of guanidine groups is 1. The van der Waals surface area contributed by atoms with E-state index in [1.54, 1.807) is 18.4 Å². The molecule has 1 unspecified atom stereocenters. The fraction of sp³-hybridized carbons (Fsp3) is 0.667. The van der Waals surface area contributed by atoms with Gasteiger partial charge in [-0.05, 0) is 51.0 Å². The third-order valence-electron chi connectivity index (χ3n) is 3.96. The lowest BCUT2D eigenvalue weighted by atomic mass is 9.98. The molecule has 1 fully saturated rings. The monoisotopic (exact) mass is 494 g/mol. The molecule has 1 aliphatic rings. The van der Waals surface area contributed by atoms with E-state index in [2.05, 4.69) is 27.1 Å². The van der Waals surface area contributed by atoms with E-state index in [0.717, 1.165) is 45.0 Å². The number of thiophene rings is 1. The van der Waals surface area contributed by atoms with Crippen LogP contribution in [0.1, 0.15) is 38.5 Å². The second kappa shape index (κ2) is 11.0. The van der Waals surface area contributed by atoms with Crippen molar-refractivity contribution in [1.82, 2.24) is 15.5 Å². The molecule has 1 aliphatic heterocycles. The van der Waals surface area contributed by atoms with Gasteiger partial charge in [0.1, 0.15) is 5.60 Å². The molecule has 2 N–H and O–H groups in total. The van der Waals surface area contributed by atoms with Gasteiger partial charge in [-0.2, -0.15) is 0 Å². The molecule has 1 amide bonds.